The zero-order chi connectivity index (χ0) is 20.5. The molecule has 29 heavy (non-hydrogen) atoms. The van der Waals surface area contributed by atoms with Gasteiger partial charge in [-0.1, -0.05) is 24.3 Å². The van der Waals surface area contributed by atoms with E-state index in [1.54, 1.807) is 29.2 Å². The predicted molar refractivity (Wildman–Crippen MR) is 102 cm³/mol. The number of nitrogens with zero attached hydrogens (tertiary/aromatic N) is 2. The van der Waals surface area contributed by atoms with Gasteiger partial charge in [0.2, 0.25) is 5.91 Å². The van der Waals surface area contributed by atoms with Crippen LogP contribution in [-0.2, 0) is 9.59 Å². The van der Waals surface area contributed by atoms with Gasteiger partial charge in [-0.3, -0.25) is 14.5 Å². The molecule has 2 aliphatic rings. The molecule has 2 atom stereocenters. The van der Waals surface area contributed by atoms with E-state index in [0.717, 1.165) is 11.1 Å². The maximum atomic E-state index is 13.4. The molecular formula is C22H22F2N2O3. The lowest BCUT2D eigenvalue weighted by molar-refractivity contribution is -0.142. The molecule has 1 amide bonds. The number of piperazine rings is 1. The third-order valence-corrected chi connectivity index (χ3v) is 5.79. The quantitative estimate of drug-likeness (QED) is 0.839. The van der Waals surface area contributed by atoms with Crippen LogP contribution in [0.2, 0.25) is 0 Å². The largest absolute Gasteiger partial charge is 0.481 e. The van der Waals surface area contributed by atoms with E-state index in [0.29, 0.717) is 32.6 Å². The first-order chi connectivity index (χ1) is 13.9. The number of benzene rings is 2. The second kappa shape index (κ2) is 7.91. The molecule has 0 aromatic heterocycles. The van der Waals surface area contributed by atoms with Crippen molar-refractivity contribution in [2.75, 3.05) is 26.2 Å². The smallest absolute Gasteiger partial charge is 0.307 e. The maximum absolute atomic E-state index is 13.4. The highest BCUT2D eigenvalue weighted by molar-refractivity contribution is 5.89. The summed E-state index contributed by atoms with van der Waals surface area (Å²) in [5.41, 5.74) is 1.79. The molecule has 2 aromatic rings. The van der Waals surface area contributed by atoms with Gasteiger partial charge in [-0.2, -0.15) is 0 Å². The van der Waals surface area contributed by atoms with E-state index < -0.39 is 17.8 Å². The standard InChI is InChI=1S/C22H22F2N2O3/c23-16-5-1-14(2-6-16)20(15-3-7-17(24)8-4-15)25-9-11-26(12-10-25)21(27)18-13-19(18)22(28)29/h1-8,18-20H,9-13H2,(H,28,29). The van der Waals surface area contributed by atoms with Crippen LogP contribution < -0.4 is 0 Å². The van der Waals surface area contributed by atoms with Crippen molar-refractivity contribution in [3.05, 3.63) is 71.3 Å². The van der Waals surface area contributed by atoms with Gasteiger partial charge in [0.25, 0.3) is 0 Å². The summed E-state index contributed by atoms with van der Waals surface area (Å²) in [4.78, 5) is 27.5. The van der Waals surface area contributed by atoms with Crippen LogP contribution >= 0.6 is 0 Å². The van der Waals surface area contributed by atoms with E-state index >= 15 is 0 Å². The number of carbonyl (C=O) groups is 2. The van der Waals surface area contributed by atoms with Crippen molar-refractivity contribution in [1.29, 1.82) is 0 Å². The molecule has 1 N–H and O–H groups in total. The third kappa shape index (κ3) is 4.15. The lowest BCUT2D eigenvalue weighted by Crippen LogP contribution is -2.50. The Kier molecular flexibility index (Phi) is 5.32. The Bertz CT molecular complexity index is 848. The Morgan fingerprint density at radius 2 is 1.31 bits per heavy atom. The molecule has 4 rings (SSSR count). The number of halogens is 2. The van der Waals surface area contributed by atoms with Crippen LogP contribution in [0.1, 0.15) is 23.6 Å². The van der Waals surface area contributed by atoms with Crippen LogP contribution in [0.4, 0.5) is 8.78 Å². The summed E-state index contributed by atoms with van der Waals surface area (Å²) in [6, 6.07) is 12.3. The molecule has 1 heterocycles. The predicted octanol–water partition coefficient (Wildman–Crippen LogP) is 2.92. The highest BCUT2D eigenvalue weighted by Crippen LogP contribution is 2.40. The molecule has 0 bridgehead atoms. The molecule has 1 aliphatic heterocycles. The molecule has 0 spiro atoms. The summed E-state index contributed by atoms with van der Waals surface area (Å²) in [6.07, 6.45) is 0.419. The minimum Gasteiger partial charge on any atom is -0.481 e. The first kappa shape index (κ1) is 19.5. The second-order valence-corrected chi connectivity index (χ2v) is 7.65. The van der Waals surface area contributed by atoms with Crippen molar-refractivity contribution >= 4 is 11.9 Å². The summed E-state index contributed by atoms with van der Waals surface area (Å²) in [5, 5.41) is 9.04. The van der Waals surface area contributed by atoms with Crippen molar-refractivity contribution in [3.8, 4) is 0 Å². The van der Waals surface area contributed by atoms with E-state index in [4.69, 9.17) is 5.11 Å². The van der Waals surface area contributed by atoms with Crippen LogP contribution in [0.15, 0.2) is 48.5 Å². The number of hydrogen-bond donors (Lipinski definition) is 1. The lowest BCUT2D eigenvalue weighted by Gasteiger charge is -2.40. The second-order valence-electron chi connectivity index (χ2n) is 7.65. The zero-order valence-corrected chi connectivity index (χ0v) is 15.8. The fraction of sp³-hybridized carbons (Fsp3) is 0.364. The maximum Gasteiger partial charge on any atom is 0.307 e. The first-order valence-corrected chi connectivity index (χ1v) is 9.70. The number of carboxylic acid groups (broad SMARTS) is 1. The molecule has 1 saturated carbocycles. The van der Waals surface area contributed by atoms with E-state index in [1.165, 1.54) is 24.3 Å². The van der Waals surface area contributed by atoms with E-state index in [-0.39, 0.29) is 23.6 Å². The van der Waals surface area contributed by atoms with Gasteiger partial charge in [-0.25, -0.2) is 8.78 Å². The SMILES string of the molecule is O=C(O)C1CC1C(=O)N1CCN(C(c2ccc(F)cc2)c2ccc(F)cc2)CC1. The number of carbonyl (C=O) groups excluding carboxylic acids is 1. The van der Waals surface area contributed by atoms with Crippen LogP contribution in [0.3, 0.4) is 0 Å². The van der Waals surface area contributed by atoms with E-state index in [2.05, 4.69) is 4.90 Å². The van der Waals surface area contributed by atoms with Crippen molar-refractivity contribution < 1.29 is 23.5 Å². The minimum absolute atomic E-state index is 0.0860. The third-order valence-electron chi connectivity index (χ3n) is 5.79. The average molecular weight is 400 g/mol. The fourth-order valence-corrected chi connectivity index (χ4v) is 4.08. The van der Waals surface area contributed by atoms with Gasteiger partial charge in [0.05, 0.1) is 17.9 Å². The number of aliphatic carboxylic acids is 1. The Morgan fingerprint density at radius 1 is 0.828 bits per heavy atom. The van der Waals surface area contributed by atoms with Gasteiger partial charge in [0.15, 0.2) is 0 Å². The Labute approximate surface area is 167 Å². The van der Waals surface area contributed by atoms with Crippen LogP contribution in [0.5, 0.6) is 0 Å². The summed E-state index contributed by atoms with van der Waals surface area (Å²) in [7, 11) is 0. The average Bonchev–Trinajstić information content (AvgIpc) is 3.52. The fourth-order valence-electron chi connectivity index (χ4n) is 4.08. The number of hydrogen-bond acceptors (Lipinski definition) is 3. The summed E-state index contributed by atoms with van der Waals surface area (Å²) in [5.74, 6) is -2.58. The summed E-state index contributed by atoms with van der Waals surface area (Å²) in [6.45, 7) is 2.19. The summed E-state index contributed by atoms with van der Waals surface area (Å²) < 4.78 is 26.8. The van der Waals surface area contributed by atoms with Crippen molar-refractivity contribution in [3.63, 3.8) is 0 Å². The number of carboxylic acids is 1. The molecule has 2 fully saturated rings. The van der Waals surface area contributed by atoms with Crippen molar-refractivity contribution in [2.24, 2.45) is 11.8 Å². The molecule has 7 heteroatoms. The normalized spacial score (nSPS) is 22.0. The first-order valence-electron chi connectivity index (χ1n) is 9.70. The van der Waals surface area contributed by atoms with Gasteiger partial charge < -0.3 is 10.0 Å². The number of rotatable bonds is 5. The monoisotopic (exact) mass is 400 g/mol. The van der Waals surface area contributed by atoms with Gasteiger partial charge >= 0.3 is 5.97 Å². The Balaban J connectivity index is 1.49. The minimum atomic E-state index is -0.908. The molecule has 1 saturated heterocycles. The van der Waals surface area contributed by atoms with Crippen LogP contribution in [0.25, 0.3) is 0 Å². The molecule has 1 aliphatic carbocycles. The topological polar surface area (TPSA) is 60.9 Å². The molecule has 2 aromatic carbocycles. The van der Waals surface area contributed by atoms with E-state index in [1.807, 2.05) is 0 Å². The molecule has 5 nitrogen and oxygen atoms in total. The van der Waals surface area contributed by atoms with Crippen LogP contribution in [0, 0.1) is 23.5 Å². The molecular weight excluding hydrogens is 378 g/mol. The molecule has 0 radical (unpaired) electrons. The van der Waals surface area contributed by atoms with Gasteiger partial charge in [0, 0.05) is 26.2 Å². The zero-order valence-electron chi connectivity index (χ0n) is 15.8. The Hall–Kier alpha value is -2.80. The van der Waals surface area contributed by atoms with Crippen LogP contribution in [-0.4, -0.2) is 53.0 Å². The molecule has 152 valence electrons. The van der Waals surface area contributed by atoms with E-state index in [9.17, 15) is 18.4 Å². The van der Waals surface area contributed by atoms with Gasteiger partial charge in [-0.15, -0.1) is 0 Å². The highest BCUT2D eigenvalue weighted by atomic mass is 19.1. The lowest BCUT2D eigenvalue weighted by atomic mass is 9.96. The van der Waals surface area contributed by atoms with Crippen molar-refractivity contribution in [1.82, 2.24) is 9.80 Å². The van der Waals surface area contributed by atoms with Crippen molar-refractivity contribution in [2.45, 2.75) is 12.5 Å². The van der Waals surface area contributed by atoms with Gasteiger partial charge in [0.1, 0.15) is 11.6 Å². The molecule has 2 unspecified atom stereocenters. The van der Waals surface area contributed by atoms with Gasteiger partial charge in [-0.05, 0) is 41.8 Å². The number of amides is 1. The summed E-state index contributed by atoms with van der Waals surface area (Å²) >= 11 is 0. The Morgan fingerprint density at radius 3 is 1.72 bits per heavy atom. The highest BCUT2D eigenvalue weighted by Gasteiger charge is 2.50.